The molecule has 0 N–H and O–H groups in total. The second-order valence-electron chi connectivity index (χ2n) is 10.4. The SMILES string of the molecule is CC(=O)O[C@@]1(COC(=O)c2ccccc2)OC[C@@H](OC(=O)c2ccccc2)[C@@H](OC(=O)c2ccccc2)[C@@H]1OC(=O)c1ccccc1. The monoisotopic (exact) mass is 638 g/mol. The molecule has 0 amide bonds. The fraction of sp³-hybridized carbons (Fsp3) is 0.194. The molecule has 0 aliphatic carbocycles. The lowest BCUT2D eigenvalue weighted by Crippen LogP contribution is -2.67. The van der Waals surface area contributed by atoms with E-state index in [0.29, 0.717) is 0 Å². The van der Waals surface area contributed by atoms with Gasteiger partial charge in [-0.2, -0.15) is 0 Å². The second-order valence-corrected chi connectivity index (χ2v) is 10.4. The number of esters is 5. The molecule has 47 heavy (non-hydrogen) atoms. The van der Waals surface area contributed by atoms with Crippen LogP contribution in [0.3, 0.4) is 0 Å². The number of ether oxygens (including phenoxy) is 6. The first-order valence-electron chi connectivity index (χ1n) is 14.6. The predicted molar refractivity (Wildman–Crippen MR) is 164 cm³/mol. The summed E-state index contributed by atoms with van der Waals surface area (Å²) < 4.78 is 34.7. The Morgan fingerprint density at radius 2 is 1.00 bits per heavy atom. The topological polar surface area (TPSA) is 141 Å². The number of carbonyl (C=O) groups excluding carboxylic acids is 5. The van der Waals surface area contributed by atoms with Gasteiger partial charge in [0.05, 0.1) is 28.9 Å². The lowest BCUT2D eigenvalue weighted by molar-refractivity contribution is -0.331. The normalized spacial score (nSPS) is 20.2. The lowest BCUT2D eigenvalue weighted by atomic mass is 9.95. The van der Waals surface area contributed by atoms with Gasteiger partial charge in [0.1, 0.15) is 0 Å². The molecule has 0 radical (unpaired) electrons. The molecule has 4 aromatic carbocycles. The first kappa shape index (κ1) is 32.6. The van der Waals surface area contributed by atoms with Crippen LogP contribution in [0.5, 0.6) is 0 Å². The molecule has 0 saturated carbocycles. The van der Waals surface area contributed by atoms with Crippen molar-refractivity contribution in [2.24, 2.45) is 0 Å². The van der Waals surface area contributed by atoms with Crippen LogP contribution < -0.4 is 0 Å². The molecule has 0 spiro atoms. The Balaban J connectivity index is 1.56. The number of hydrogen-bond donors (Lipinski definition) is 0. The molecule has 240 valence electrons. The van der Waals surface area contributed by atoms with Crippen molar-refractivity contribution in [3.05, 3.63) is 144 Å². The first-order valence-corrected chi connectivity index (χ1v) is 14.6. The van der Waals surface area contributed by atoms with Crippen LogP contribution in [0.25, 0.3) is 0 Å². The van der Waals surface area contributed by atoms with Crippen molar-refractivity contribution >= 4 is 29.8 Å². The van der Waals surface area contributed by atoms with Gasteiger partial charge in [0.15, 0.2) is 18.8 Å². The minimum Gasteiger partial charge on any atom is -0.455 e. The average molecular weight is 639 g/mol. The van der Waals surface area contributed by atoms with Gasteiger partial charge >= 0.3 is 29.8 Å². The summed E-state index contributed by atoms with van der Waals surface area (Å²) in [6.45, 7) is -0.223. The third-order valence-corrected chi connectivity index (χ3v) is 7.08. The number of hydrogen-bond acceptors (Lipinski definition) is 11. The van der Waals surface area contributed by atoms with Crippen molar-refractivity contribution in [2.75, 3.05) is 13.2 Å². The van der Waals surface area contributed by atoms with Crippen LogP contribution in [0.4, 0.5) is 0 Å². The van der Waals surface area contributed by atoms with Gasteiger partial charge in [-0.15, -0.1) is 0 Å². The van der Waals surface area contributed by atoms with Crippen LogP contribution in [0, 0.1) is 0 Å². The smallest absolute Gasteiger partial charge is 0.338 e. The van der Waals surface area contributed by atoms with E-state index in [1.807, 2.05) is 0 Å². The maximum atomic E-state index is 13.5. The second kappa shape index (κ2) is 15.0. The minimum atomic E-state index is -2.34. The van der Waals surface area contributed by atoms with Gasteiger partial charge in [-0.1, -0.05) is 72.8 Å². The molecule has 5 rings (SSSR count). The Hall–Kier alpha value is -5.81. The molecule has 4 aromatic rings. The molecule has 4 atom stereocenters. The Morgan fingerprint density at radius 1 is 0.596 bits per heavy atom. The fourth-order valence-electron chi connectivity index (χ4n) is 4.85. The van der Waals surface area contributed by atoms with Crippen molar-refractivity contribution in [3.8, 4) is 0 Å². The Labute approximate surface area is 269 Å². The van der Waals surface area contributed by atoms with Gasteiger partial charge in [-0.25, -0.2) is 19.2 Å². The molecule has 1 fully saturated rings. The van der Waals surface area contributed by atoms with Gasteiger partial charge in [0.2, 0.25) is 6.10 Å². The zero-order valence-electron chi connectivity index (χ0n) is 25.2. The summed E-state index contributed by atoms with van der Waals surface area (Å²) in [6, 6.07) is 31.8. The standard InChI is InChI=1S/C36H30O11/c1-24(37)47-36(23-42-32(38)25-14-6-2-7-15-25)31(46-35(41)28-20-12-5-13-21-28)30(45-34(40)27-18-10-4-11-19-27)29(22-43-36)44-33(39)26-16-8-3-9-17-26/h2-21,29-31H,22-23H2,1H3/t29-,30-,31+,36-/m1/s1. The maximum Gasteiger partial charge on any atom is 0.338 e. The summed E-state index contributed by atoms with van der Waals surface area (Å²) in [5.74, 6) is -6.60. The highest BCUT2D eigenvalue weighted by atomic mass is 16.8. The van der Waals surface area contributed by atoms with E-state index < -0.39 is 67.2 Å². The molecule has 1 saturated heterocycles. The molecule has 11 nitrogen and oxygen atoms in total. The van der Waals surface area contributed by atoms with Crippen LogP contribution >= 0.6 is 0 Å². The summed E-state index contributed by atoms with van der Waals surface area (Å²) >= 11 is 0. The quantitative estimate of drug-likeness (QED) is 0.175. The summed E-state index contributed by atoms with van der Waals surface area (Å²) in [7, 11) is 0. The van der Waals surface area contributed by atoms with E-state index >= 15 is 0 Å². The van der Waals surface area contributed by atoms with Crippen LogP contribution in [0.2, 0.25) is 0 Å². The van der Waals surface area contributed by atoms with Crippen molar-refractivity contribution in [2.45, 2.75) is 31.0 Å². The third-order valence-electron chi connectivity index (χ3n) is 7.08. The largest absolute Gasteiger partial charge is 0.455 e. The van der Waals surface area contributed by atoms with Crippen molar-refractivity contribution in [1.82, 2.24) is 0 Å². The van der Waals surface area contributed by atoms with Crippen LogP contribution in [0.1, 0.15) is 48.4 Å². The highest BCUT2D eigenvalue weighted by molar-refractivity contribution is 5.91. The number of carbonyl (C=O) groups is 5. The lowest BCUT2D eigenvalue weighted by Gasteiger charge is -2.46. The van der Waals surface area contributed by atoms with Crippen molar-refractivity contribution in [1.29, 1.82) is 0 Å². The van der Waals surface area contributed by atoms with Crippen molar-refractivity contribution < 1.29 is 52.4 Å². The van der Waals surface area contributed by atoms with Gasteiger partial charge in [0.25, 0.3) is 5.79 Å². The zero-order valence-corrected chi connectivity index (χ0v) is 25.2. The molecule has 0 unspecified atom stereocenters. The molecule has 1 aliphatic rings. The van der Waals surface area contributed by atoms with Gasteiger partial charge in [-0.05, 0) is 48.5 Å². The predicted octanol–water partition coefficient (Wildman–Crippen LogP) is 4.81. The van der Waals surface area contributed by atoms with Gasteiger partial charge < -0.3 is 28.4 Å². The first-order chi connectivity index (χ1) is 22.8. The molecule has 0 aromatic heterocycles. The maximum absolute atomic E-state index is 13.5. The van der Waals surface area contributed by atoms with Crippen LogP contribution in [0.15, 0.2) is 121 Å². The summed E-state index contributed by atoms with van der Waals surface area (Å²) in [6.07, 6.45) is -4.80. The number of rotatable bonds is 10. The fourth-order valence-corrected chi connectivity index (χ4v) is 4.85. The summed E-state index contributed by atoms with van der Waals surface area (Å²) in [4.78, 5) is 65.7. The van der Waals surface area contributed by atoms with Gasteiger partial charge in [0, 0.05) is 6.92 Å². The molecular formula is C36H30O11. The summed E-state index contributed by atoms with van der Waals surface area (Å²) in [5, 5.41) is 0. The van der Waals surface area contributed by atoms with Crippen LogP contribution in [-0.2, 0) is 33.2 Å². The van der Waals surface area contributed by atoms with Gasteiger partial charge in [-0.3, -0.25) is 4.79 Å². The van der Waals surface area contributed by atoms with E-state index in [1.54, 1.807) is 72.8 Å². The van der Waals surface area contributed by atoms with E-state index in [9.17, 15) is 24.0 Å². The molecule has 11 heteroatoms. The summed E-state index contributed by atoms with van der Waals surface area (Å²) in [5.41, 5.74) is 0.601. The van der Waals surface area contributed by atoms with E-state index in [-0.39, 0.29) is 22.3 Å². The van der Waals surface area contributed by atoms with E-state index in [0.717, 1.165) is 6.92 Å². The highest BCUT2D eigenvalue weighted by Crippen LogP contribution is 2.35. The highest BCUT2D eigenvalue weighted by Gasteiger charge is 2.60. The minimum absolute atomic E-state index is 0.0991. The molecule has 1 heterocycles. The molecular weight excluding hydrogens is 608 g/mol. The average Bonchev–Trinajstić information content (AvgIpc) is 3.11. The van der Waals surface area contributed by atoms with Crippen LogP contribution in [-0.4, -0.2) is 67.2 Å². The Bertz CT molecular complexity index is 1690. The van der Waals surface area contributed by atoms with Crippen molar-refractivity contribution in [3.63, 3.8) is 0 Å². The number of benzene rings is 4. The molecule has 1 aliphatic heterocycles. The third kappa shape index (κ3) is 8.08. The van der Waals surface area contributed by atoms with E-state index in [4.69, 9.17) is 28.4 Å². The molecule has 0 bridgehead atoms. The van der Waals surface area contributed by atoms with E-state index in [1.165, 1.54) is 48.5 Å². The van der Waals surface area contributed by atoms with E-state index in [2.05, 4.69) is 0 Å². The zero-order chi connectivity index (χ0) is 33.2. The Morgan fingerprint density at radius 3 is 1.45 bits per heavy atom. The Kier molecular flexibility index (Phi) is 10.4.